The Hall–Kier alpha value is -1.89. The third kappa shape index (κ3) is 11.0. The zero-order valence-electron chi connectivity index (χ0n) is 23.0. The largest absolute Gasteiger partial charge is 0.300 e. The zero-order chi connectivity index (χ0) is 24.9. The maximum atomic E-state index is 13.4. The third-order valence-electron chi connectivity index (χ3n) is 7.81. The van der Waals surface area contributed by atoms with Gasteiger partial charge >= 0.3 is 0 Å². The normalized spacial score (nSPS) is 32.1. The lowest BCUT2D eigenvalue weighted by Gasteiger charge is -2.22. The van der Waals surface area contributed by atoms with Gasteiger partial charge in [-0.05, 0) is 118 Å². The Morgan fingerprint density at radius 2 is 0.941 bits per heavy atom. The second-order valence-corrected chi connectivity index (χ2v) is 11.1. The van der Waals surface area contributed by atoms with E-state index < -0.39 is 0 Å². The molecule has 0 heterocycles. The fourth-order valence-corrected chi connectivity index (χ4v) is 5.09. The molecule has 2 unspecified atom stereocenters. The zero-order valence-corrected chi connectivity index (χ0v) is 23.0. The van der Waals surface area contributed by atoms with E-state index in [9.17, 15) is 4.79 Å². The van der Waals surface area contributed by atoms with Crippen molar-refractivity contribution >= 4 is 5.78 Å². The number of ketones is 1. The van der Waals surface area contributed by atoms with Crippen LogP contribution in [0, 0.1) is 11.8 Å². The highest BCUT2D eigenvalue weighted by molar-refractivity contribution is 5.79. The molecule has 0 N–H and O–H groups in total. The first kappa shape index (κ1) is 28.3. The van der Waals surface area contributed by atoms with E-state index >= 15 is 0 Å². The summed E-state index contributed by atoms with van der Waals surface area (Å²) in [6.07, 6.45) is 26.6. The van der Waals surface area contributed by atoms with Crippen molar-refractivity contribution in [1.29, 1.82) is 0 Å². The Kier molecular flexibility index (Phi) is 12.7. The summed E-state index contributed by atoms with van der Waals surface area (Å²) in [5.74, 6) is 1.17. The van der Waals surface area contributed by atoms with Crippen molar-refractivity contribution in [2.24, 2.45) is 11.8 Å². The van der Waals surface area contributed by atoms with Crippen molar-refractivity contribution in [3.05, 3.63) is 69.9 Å². The van der Waals surface area contributed by atoms with Crippen LogP contribution in [-0.2, 0) is 4.79 Å². The van der Waals surface area contributed by atoms with Gasteiger partial charge in [0.2, 0.25) is 0 Å². The predicted octanol–water partition coefficient (Wildman–Crippen LogP) is 10.2. The highest BCUT2D eigenvalue weighted by atomic mass is 16.1. The summed E-state index contributed by atoms with van der Waals surface area (Å²) in [6.45, 7) is 13.5. The van der Waals surface area contributed by atoms with Crippen molar-refractivity contribution in [3.8, 4) is 0 Å². The van der Waals surface area contributed by atoms with Gasteiger partial charge in [-0.1, -0.05) is 69.9 Å². The Morgan fingerprint density at radius 3 is 1.32 bits per heavy atom. The number of allylic oxidation sites excluding steroid dienone is 12. The molecule has 0 aromatic carbocycles. The summed E-state index contributed by atoms with van der Waals surface area (Å²) < 4.78 is 0. The molecule has 0 aliphatic heterocycles. The van der Waals surface area contributed by atoms with Gasteiger partial charge in [0.15, 0.2) is 0 Å². The van der Waals surface area contributed by atoms with Crippen molar-refractivity contribution in [2.45, 2.75) is 119 Å². The number of Topliss-reactive ketones (excluding diaryl/α,β-unsaturated/α-hetero) is 1. The lowest BCUT2D eigenvalue weighted by molar-refractivity contribution is -0.120. The molecule has 2 rings (SSSR count). The van der Waals surface area contributed by atoms with Crippen LogP contribution in [0.1, 0.15) is 119 Å². The van der Waals surface area contributed by atoms with Crippen LogP contribution in [0.15, 0.2) is 69.9 Å². The fourth-order valence-electron chi connectivity index (χ4n) is 5.09. The fraction of sp³-hybridized carbons (Fsp3) is 0.606. The molecule has 1 nitrogen and oxygen atoms in total. The number of hydrogen-bond acceptors (Lipinski definition) is 1. The molecular weight excluding hydrogens is 412 g/mol. The summed E-state index contributed by atoms with van der Waals surface area (Å²) >= 11 is 0. The molecule has 0 amide bonds. The van der Waals surface area contributed by atoms with E-state index in [1.54, 1.807) is 0 Å². The van der Waals surface area contributed by atoms with E-state index in [4.69, 9.17) is 0 Å². The van der Waals surface area contributed by atoms with E-state index in [-0.39, 0.29) is 0 Å². The molecule has 0 radical (unpaired) electrons. The molecule has 0 saturated carbocycles. The molecule has 0 aromatic heterocycles. The molecule has 2 atom stereocenters. The molecule has 2 aliphatic rings. The first-order valence-electron chi connectivity index (χ1n) is 13.7. The highest BCUT2D eigenvalue weighted by Crippen LogP contribution is 2.30. The maximum Gasteiger partial charge on any atom is 0.134 e. The minimum atomic E-state index is 0.366. The van der Waals surface area contributed by atoms with Crippen LogP contribution < -0.4 is 0 Å². The van der Waals surface area contributed by atoms with Gasteiger partial charge in [-0.15, -0.1) is 0 Å². The molecular formula is C33H50O. The minimum Gasteiger partial charge on any atom is -0.300 e. The number of carbonyl (C=O) groups excluding carboxylic acids is 1. The van der Waals surface area contributed by atoms with Gasteiger partial charge < -0.3 is 0 Å². The second-order valence-electron chi connectivity index (χ2n) is 11.1. The van der Waals surface area contributed by atoms with Gasteiger partial charge in [-0.3, -0.25) is 4.79 Å². The van der Waals surface area contributed by atoms with Crippen molar-refractivity contribution < 1.29 is 4.79 Å². The highest BCUT2D eigenvalue weighted by Gasteiger charge is 2.21. The second kappa shape index (κ2) is 15.2. The average Bonchev–Trinajstić information content (AvgIpc) is 2.80. The smallest absolute Gasteiger partial charge is 0.134 e. The summed E-state index contributed by atoms with van der Waals surface area (Å²) in [6, 6.07) is 0. The third-order valence-corrected chi connectivity index (χ3v) is 7.81. The van der Waals surface area contributed by atoms with Crippen LogP contribution in [0.3, 0.4) is 0 Å². The van der Waals surface area contributed by atoms with Gasteiger partial charge in [-0.25, -0.2) is 0 Å². The lowest BCUT2D eigenvalue weighted by atomic mass is 9.82. The number of rotatable bonds is 4. The van der Waals surface area contributed by atoms with E-state index in [2.05, 4.69) is 78.0 Å². The summed E-state index contributed by atoms with van der Waals surface area (Å²) in [5.41, 5.74) is 8.64. The summed E-state index contributed by atoms with van der Waals surface area (Å²) in [5, 5.41) is 0. The molecule has 2 aliphatic carbocycles. The van der Waals surface area contributed by atoms with Crippen molar-refractivity contribution in [2.75, 3.05) is 0 Å². The van der Waals surface area contributed by atoms with Gasteiger partial charge in [0.1, 0.15) is 5.78 Å². The first-order valence-corrected chi connectivity index (χ1v) is 13.7. The van der Waals surface area contributed by atoms with Crippen LogP contribution in [-0.4, -0.2) is 5.78 Å². The van der Waals surface area contributed by atoms with E-state index in [0.717, 1.165) is 64.2 Å². The number of carbonyl (C=O) groups is 1. The van der Waals surface area contributed by atoms with Crippen molar-refractivity contribution in [3.63, 3.8) is 0 Å². The Labute approximate surface area is 210 Å². The molecule has 0 fully saturated rings. The maximum absolute atomic E-state index is 13.4. The lowest BCUT2D eigenvalue weighted by Crippen LogP contribution is -2.15. The van der Waals surface area contributed by atoms with E-state index in [1.807, 2.05) is 0 Å². The molecule has 0 aromatic rings. The van der Waals surface area contributed by atoms with E-state index in [0.29, 0.717) is 30.5 Å². The SMILES string of the molecule is CC1=CC/C(C)=C\CC/C=C(/C)CCC1CC(=O)CC1CC/C(C)=C\CC/C=C(/C)C/C=C\1C. The van der Waals surface area contributed by atoms with Crippen LogP contribution in [0.4, 0.5) is 0 Å². The molecule has 34 heavy (non-hydrogen) atoms. The Bertz CT molecular complexity index is 785. The van der Waals surface area contributed by atoms with Gasteiger partial charge in [-0.2, -0.15) is 0 Å². The molecule has 0 saturated heterocycles. The van der Waals surface area contributed by atoms with Gasteiger partial charge in [0, 0.05) is 12.8 Å². The van der Waals surface area contributed by atoms with Gasteiger partial charge in [0.05, 0.1) is 0 Å². The van der Waals surface area contributed by atoms with Crippen molar-refractivity contribution in [1.82, 2.24) is 0 Å². The topological polar surface area (TPSA) is 17.1 Å². The first-order chi connectivity index (χ1) is 16.2. The predicted molar refractivity (Wildman–Crippen MR) is 150 cm³/mol. The Balaban J connectivity index is 2.13. The van der Waals surface area contributed by atoms with Crippen LogP contribution >= 0.6 is 0 Å². The molecule has 1 heteroatoms. The minimum absolute atomic E-state index is 0.366. The standard InChI is InChI=1S/C33H50O/c1-25-11-7-9-13-27(3)17-21-31(29(5)19-15-25)23-33(34)24-32-22-18-28(4)14-10-8-12-26(2)16-20-30(32)6/h11-14,19-20,31-32H,7-10,15-18,21-24H2,1-6H3/b25-11-,26-12-,27-13-,28-14-,29-19-,30-20?. The Morgan fingerprint density at radius 1 is 0.588 bits per heavy atom. The summed E-state index contributed by atoms with van der Waals surface area (Å²) in [7, 11) is 0. The van der Waals surface area contributed by atoms with Crippen LogP contribution in [0.25, 0.3) is 0 Å². The average molecular weight is 463 g/mol. The molecule has 0 spiro atoms. The van der Waals surface area contributed by atoms with Crippen LogP contribution in [0.2, 0.25) is 0 Å². The van der Waals surface area contributed by atoms with E-state index in [1.165, 1.54) is 33.4 Å². The summed E-state index contributed by atoms with van der Waals surface area (Å²) in [4.78, 5) is 13.4. The quantitative estimate of drug-likeness (QED) is 0.380. The number of hydrogen-bond donors (Lipinski definition) is 0. The molecule has 188 valence electrons. The monoisotopic (exact) mass is 462 g/mol. The molecule has 0 bridgehead atoms. The van der Waals surface area contributed by atoms with Crippen LogP contribution in [0.5, 0.6) is 0 Å². The van der Waals surface area contributed by atoms with Gasteiger partial charge in [0.25, 0.3) is 0 Å².